The molecule has 8 nitrogen and oxygen atoms in total. The molecule has 0 saturated heterocycles. The topological polar surface area (TPSA) is 99.2 Å². The van der Waals surface area contributed by atoms with Gasteiger partial charge in [0.2, 0.25) is 0 Å². The molecule has 0 aliphatic heterocycles. The molecule has 0 bridgehead atoms. The Bertz CT molecular complexity index is 1240. The molecule has 0 fully saturated rings. The highest BCUT2D eigenvalue weighted by atomic mass is 35.5. The number of carbonyl (C=O) groups excluding carboxylic acids is 4. The maximum Gasteiger partial charge on any atom is 0.336 e. The van der Waals surface area contributed by atoms with Gasteiger partial charge >= 0.3 is 11.9 Å². The van der Waals surface area contributed by atoms with Crippen molar-refractivity contribution in [1.82, 2.24) is 0 Å². The second-order valence-corrected chi connectivity index (χ2v) is 9.54. The SMILES string of the molecule is CCOCOC(=O)C1=C(C(=O)N(C(=O)c2ccccc2)c2cc(SCC(=O)OC)c(Cl)cc2F)CCCC1. The molecule has 1 aliphatic rings. The Morgan fingerprint density at radius 3 is 2.37 bits per heavy atom. The number of halogens is 2. The number of ether oxygens (including phenoxy) is 3. The zero-order valence-electron chi connectivity index (χ0n) is 21.0. The van der Waals surface area contributed by atoms with Gasteiger partial charge in [-0.1, -0.05) is 29.8 Å². The van der Waals surface area contributed by atoms with Crippen LogP contribution in [0.2, 0.25) is 5.02 Å². The second-order valence-electron chi connectivity index (χ2n) is 8.12. The van der Waals surface area contributed by atoms with Crippen LogP contribution < -0.4 is 4.90 Å². The summed E-state index contributed by atoms with van der Waals surface area (Å²) < 4.78 is 30.2. The normalized spacial score (nSPS) is 13.2. The molecule has 0 atom stereocenters. The van der Waals surface area contributed by atoms with Crippen LogP contribution >= 0.6 is 23.4 Å². The first-order valence-electron chi connectivity index (χ1n) is 11.9. The first-order chi connectivity index (χ1) is 18.3. The van der Waals surface area contributed by atoms with E-state index in [0.717, 1.165) is 17.8 Å². The van der Waals surface area contributed by atoms with E-state index in [9.17, 15) is 19.2 Å². The van der Waals surface area contributed by atoms with Crippen LogP contribution in [-0.2, 0) is 28.6 Å². The Hall–Kier alpha value is -3.21. The summed E-state index contributed by atoms with van der Waals surface area (Å²) >= 11 is 7.17. The third-order valence-electron chi connectivity index (χ3n) is 5.69. The van der Waals surface area contributed by atoms with E-state index in [2.05, 4.69) is 4.74 Å². The molecule has 11 heteroatoms. The van der Waals surface area contributed by atoms with Gasteiger partial charge in [-0.3, -0.25) is 14.4 Å². The van der Waals surface area contributed by atoms with E-state index >= 15 is 4.39 Å². The monoisotopic (exact) mass is 563 g/mol. The largest absolute Gasteiger partial charge is 0.468 e. The number of amides is 2. The number of esters is 2. The fourth-order valence-corrected chi connectivity index (χ4v) is 4.88. The second kappa shape index (κ2) is 14.1. The Labute approximate surface area is 229 Å². The lowest BCUT2D eigenvalue weighted by Crippen LogP contribution is -2.40. The average Bonchev–Trinajstić information content (AvgIpc) is 2.93. The summed E-state index contributed by atoms with van der Waals surface area (Å²) in [5, 5.41) is -0.00298. The summed E-state index contributed by atoms with van der Waals surface area (Å²) in [6.45, 7) is 1.80. The maximum atomic E-state index is 15.4. The van der Waals surface area contributed by atoms with Gasteiger partial charge in [0.25, 0.3) is 11.8 Å². The molecule has 2 aromatic carbocycles. The molecule has 0 aromatic heterocycles. The standard InChI is InChI=1S/C27H27ClFNO7S/c1-3-36-16-37-27(34)19-12-8-7-11-18(19)26(33)30(25(32)17-9-5-4-6-10-17)22-14-23(20(28)13-21(22)29)38-15-24(31)35-2/h4-6,9-10,13-14H,3,7-8,11-12,15-16H2,1-2H3. The van der Waals surface area contributed by atoms with E-state index in [4.69, 9.17) is 21.1 Å². The van der Waals surface area contributed by atoms with Gasteiger partial charge in [0.1, 0.15) is 5.82 Å². The highest BCUT2D eigenvalue weighted by Gasteiger charge is 2.34. The number of anilines is 1. The number of benzene rings is 2. The van der Waals surface area contributed by atoms with Crippen LogP contribution in [0.1, 0.15) is 43.0 Å². The Morgan fingerprint density at radius 2 is 1.71 bits per heavy atom. The van der Waals surface area contributed by atoms with Crippen LogP contribution in [0.25, 0.3) is 0 Å². The lowest BCUT2D eigenvalue weighted by Gasteiger charge is -2.26. The van der Waals surface area contributed by atoms with Gasteiger partial charge in [-0.25, -0.2) is 14.1 Å². The summed E-state index contributed by atoms with van der Waals surface area (Å²) in [5.74, 6) is -3.94. The van der Waals surface area contributed by atoms with E-state index in [-0.39, 0.29) is 57.7 Å². The van der Waals surface area contributed by atoms with Crippen LogP contribution in [0.4, 0.5) is 10.1 Å². The Morgan fingerprint density at radius 1 is 1.03 bits per heavy atom. The minimum atomic E-state index is -0.924. The minimum absolute atomic E-state index is 0.00298. The van der Waals surface area contributed by atoms with Crippen molar-refractivity contribution in [2.45, 2.75) is 37.5 Å². The highest BCUT2D eigenvalue weighted by molar-refractivity contribution is 8.00. The highest BCUT2D eigenvalue weighted by Crippen LogP contribution is 2.36. The maximum absolute atomic E-state index is 15.4. The van der Waals surface area contributed by atoms with Crippen LogP contribution in [-0.4, -0.2) is 50.0 Å². The molecule has 0 spiro atoms. The summed E-state index contributed by atoms with van der Waals surface area (Å²) in [6.07, 6.45) is 1.71. The summed E-state index contributed by atoms with van der Waals surface area (Å²) in [4.78, 5) is 53.0. The van der Waals surface area contributed by atoms with E-state index in [1.807, 2.05) is 0 Å². The molecule has 0 unspecified atom stereocenters. The quantitative estimate of drug-likeness (QED) is 0.126. The van der Waals surface area contributed by atoms with Crippen LogP contribution in [0, 0.1) is 5.82 Å². The van der Waals surface area contributed by atoms with Gasteiger partial charge in [-0.05, 0) is 56.9 Å². The van der Waals surface area contributed by atoms with Gasteiger partial charge < -0.3 is 14.2 Å². The van der Waals surface area contributed by atoms with Crippen molar-refractivity contribution in [3.05, 3.63) is 70.0 Å². The molecule has 0 saturated carbocycles. The van der Waals surface area contributed by atoms with Crippen molar-refractivity contribution in [3.8, 4) is 0 Å². The van der Waals surface area contributed by atoms with Crippen molar-refractivity contribution in [1.29, 1.82) is 0 Å². The van der Waals surface area contributed by atoms with Gasteiger partial charge in [-0.2, -0.15) is 0 Å². The number of hydrogen-bond donors (Lipinski definition) is 0. The number of hydrogen-bond acceptors (Lipinski definition) is 8. The molecule has 3 rings (SSSR count). The van der Waals surface area contributed by atoms with Crippen LogP contribution in [0.15, 0.2) is 58.5 Å². The molecule has 0 radical (unpaired) electrons. The van der Waals surface area contributed by atoms with Crippen LogP contribution in [0.5, 0.6) is 0 Å². The lowest BCUT2D eigenvalue weighted by atomic mass is 9.90. The summed E-state index contributed by atoms with van der Waals surface area (Å²) in [7, 11) is 1.23. The molecule has 38 heavy (non-hydrogen) atoms. The van der Waals surface area contributed by atoms with Crippen molar-refractivity contribution < 1.29 is 37.8 Å². The number of nitrogens with zero attached hydrogens (tertiary/aromatic N) is 1. The molecule has 2 aromatic rings. The molecule has 202 valence electrons. The molecular weight excluding hydrogens is 537 g/mol. The van der Waals surface area contributed by atoms with Gasteiger partial charge in [-0.15, -0.1) is 11.8 Å². The molecule has 0 N–H and O–H groups in total. The third-order valence-corrected chi connectivity index (χ3v) is 7.15. The first kappa shape index (κ1) is 29.3. The van der Waals surface area contributed by atoms with Gasteiger partial charge in [0.05, 0.1) is 23.6 Å². The molecule has 2 amide bonds. The van der Waals surface area contributed by atoms with Crippen LogP contribution in [0.3, 0.4) is 0 Å². The number of imide groups is 1. The van der Waals surface area contributed by atoms with E-state index in [0.29, 0.717) is 24.3 Å². The smallest absolute Gasteiger partial charge is 0.336 e. The number of rotatable bonds is 10. The minimum Gasteiger partial charge on any atom is -0.468 e. The van der Waals surface area contributed by atoms with Crippen molar-refractivity contribution in [3.63, 3.8) is 0 Å². The van der Waals surface area contributed by atoms with E-state index < -0.39 is 29.6 Å². The molecule has 1 aliphatic carbocycles. The first-order valence-corrected chi connectivity index (χ1v) is 13.2. The number of methoxy groups -OCH3 is 1. The summed E-state index contributed by atoms with van der Waals surface area (Å²) in [5.41, 5.74) is -0.0295. The van der Waals surface area contributed by atoms with Crippen molar-refractivity contribution in [2.75, 3.05) is 31.2 Å². The number of carbonyl (C=O) groups is 4. The van der Waals surface area contributed by atoms with Crippen molar-refractivity contribution >= 4 is 52.8 Å². The lowest BCUT2D eigenvalue weighted by molar-refractivity contribution is -0.151. The Kier molecular flexibility index (Phi) is 10.9. The van der Waals surface area contributed by atoms with Gasteiger partial charge in [0.15, 0.2) is 6.79 Å². The van der Waals surface area contributed by atoms with Crippen molar-refractivity contribution in [2.24, 2.45) is 0 Å². The van der Waals surface area contributed by atoms with E-state index in [1.165, 1.54) is 25.3 Å². The molecular formula is C27H27ClFNO7S. The zero-order valence-corrected chi connectivity index (χ0v) is 22.5. The predicted molar refractivity (Wildman–Crippen MR) is 140 cm³/mol. The average molecular weight is 564 g/mol. The Balaban J connectivity index is 2.10. The van der Waals surface area contributed by atoms with Gasteiger partial charge in [0, 0.05) is 28.2 Å². The third kappa shape index (κ3) is 7.21. The molecule has 0 heterocycles. The zero-order chi connectivity index (χ0) is 27.7. The fraction of sp³-hybridized carbons (Fsp3) is 0.333. The number of thioether (sulfide) groups is 1. The van der Waals surface area contributed by atoms with E-state index in [1.54, 1.807) is 25.1 Å². The summed E-state index contributed by atoms with van der Waals surface area (Å²) in [6, 6.07) is 10.1. The predicted octanol–water partition coefficient (Wildman–Crippen LogP) is 5.33. The fourth-order valence-electron chi connectivity index (χ4n) is 3.78.